The average Bonchev–Trinajstić information content (AvgIpc) is 2.22. The second-order valence-electron chi connectivity index (χ2n) is 5.47. The summed E-state index contributed by atoms with van der Waals surface area (Å²) in [7, 11) is 0. The van der Waals surface area contributed by atoms with E-state index in [1.807, 2.05) is 11.8 Å². The van der Waals surface area contributed by atoms with Gasteiger partial charge < -0.3 is 5.32 Å². The Bertz CT molecular complexity index is 428. The van der Waals surface area contributed by atoms with Crippen molar-refractivity contribution in [1.29, 1.82) is 0 Å². The summed E-state index contributed by atoms with van der Waals surface area (Å²) in [4.78, 5) is 0. The largest absolute Gasteiger partial charge is 0.377 e. The van der Waals surface area contributed by atoms with Gasteiger partial charge >= 0.3 is 0 Å². The summed E-state index contributed by atoms with van der Waals surface area (Å²) in [6.07, 6.45) is 0.926. The Morgan fingerprint density at radius 3 is 2.50 bits per heavy atom. The molecule has 1 atom stereocenters. The molecule has 0 aliphatic carbocycles. The predicted molar refractivity (Wildman–Crippen MR) is 77.2 cm³/mol. The zero-order valence-electron chi connectivity index (χ0n) is 10.4. The van der Waals surface area contributed by atoms with Gasteiger partial charge in [-0.3, -0.25) is 0 Å². The molecule has 0 aromatic heterocycles. The Morgan fingerprint density at radius 2 is 1.94 bits per heavy atom. The molecule has 5 heteroatoms. The molecule has 18 heavy (non-hydrogen) atoms. The van der Waals surface area contributed by atoms with Gasteiger partial charge in [-0.15, -0.1) is 0 Å². The molecule has 100 valence electrons. The van der Waals surface area contributed by atoms with Crippen molar-refractivity contribution in [3.05, 3.63) is 28.2 Å². The molecular weight excluding hydrogens is 320 g/mol. The fourth-order valence-corrected chi connectivity index (χ4v) is 3.92. The van der Waals surface area contributed by atoms with Gasteiger partial charge in [0, 0.05) is 16.3 Å². The first-order chi connectivity index (χ1) is 8.37. The van der Waals surface area contributed by atoms with E-state index in [0.717, 1.165) is 17.9 Å². The van der Waals surface area contributed by atoms with Gasteiger partial charge in [0.25, 0.3) is 0 Å². The van der Waals surface area contributed by atoms with E-state index in [1.54, 1.807) is 0 Å². The highest BCUT2D eigenvalue weighted by atomic mass is 79.9. The fraction of sp³-hybridized carbons (Fsp3) is 0.538. The maximum Gasteiger partial charge on any atom is 0.150 e. The molecule has 1 aromatic rings. The average molecular weight is 336 g/mol. The molecule has 1 N–H and O–H groups in total. The second kappa shape index (κ2) is 5.37. The maximum atomic E-state index is 13.7. The van der Waals surface area contributed by atoms with Crippen molar-refractivity contribution < 1.29 is 8.78 Å². The molecule has 0 bridgehead atoms. The lowest BCUT2D eigenvalue weighted by molar-refractivity contribution is 0.357. The molecule has 1 fully saturated rings. The van der Waals surface area contributed by atoms with Crippen molar-refractivity contribution in [1.82, 2.24) is 0 Å². The summed E-state index contributed by atoms with van der Waals surface area (Å²) >= 11 is 4.91. The first kappa shape index (κ1) is 14.1. The maximum absolute atomic E-state index is 13.7. The Morgan fingerprint density at radius 1 is 1.33 bits per heavy atom. The first-order valence-corrected chi connectivity index (χ1v) is 7.81. The number of rotatable bonds is 2. The van der Waals surface area contributed by atoms with E-state index in [9.17, 15) is 8.78 Å². The van der Waals surface area contributed by atoms with Gasteiger partial charge in [-0.2, -0.15) is 11.8 Å². The summed E-state index contributed by atoms with van der Waals surface area (Å²) in [5.41, 5.74) is 0.199. The smallest absolute Gasteiger partial charge is 0.150 e. The van der Waals surface area contributed by atoms with E-state index in [0.29, 0.717) is 4.47 Å². The monoisotopic (exact) mass is 335 g/mol. The lowest BCUT2D eigenvalue weighted by atomic mass is 9.88. The molecule has 1 aliphatic heterocycles. The van der Waals surface area contributed by atoms with Gasteiger partial charge in [-0.25, -0.2) is 8.78 Å². The number of halogens is 3. The second-order valence-corrected chi connectivity index (χ2v) is 7.42. The SMILES string of the molecule is CC1(C)CSCC(Nc2c(F)cc(Br)cc2F)C1. The normalized spacial score (nSPS) is 22.8. The summed E-state index contributed by atoms with van der Waals surface area (Å²) in [5.74, 6) is 0.889. The van der Waals surface area contributed by atoms with Crippen molar-refractivity contribution in [3.63, 3.8) is 0 Å². The lowest BCUT2D eigenvalue weighted by Gasteiger charge is -2.35. The standard InChI is InChI=1S/C13H16BrF2NS/c1-13(2)5-9(6-18-7-13)17-12-10(15)3-8(14)4-11(12)16/h3-4,9,17H,5-7H2,1-2H3. The van der Waals surface area contributed by atoms with Gasteiger partial charge in [0.15, 0.2) is 0 Å². The van der Waals surface area contributed by atoms with Crippen LogP contribution in [-0.2, 0) is 0 Å². The summed E-state index contributed by atoms with van der Waals surface area (Å²) < 4.78 is 27.9. The number of nitrogens with one attached hydrogen (secondary N) is 1. The van der Waals surface area contributed by atoms with Crippen molar-refractivity contribution in [2.75, 3.05) is 16.8 Å². The highest BCUT2D eigenvalue weighted by molar-refractivity contribution is 9.10. The van der Waals surface area contributed by atoms with Crippen LogP contribution in [0.15, 0.2) is 16.6 Å². The van der Waals surface area contributed by atoms with Gasteiger partial charge in [0.2, 0.25) is 0 Å². The summed E-state index contributed by atoms with van der Waals surface area (Å²) in [5, 5.41) is 3.01. The summed E-state index contributed by atoms with van der Waals surface area (Å²) in [6.45, 7) is 4.37. The molecule has 1 saturated heterocycles. The predicted octanol–water partition coefficient (Wildman–Crippen LogP) is 4.67. The van der Waals surface area contributed by atoms with E-state index in [2.05, 4.69) is 35.1 Å². The van der Waals surface area contributed by atoms with E-state index in [1.165, 1.54) is 12.1 Å². The van der Waals surface area contributed by atoms with Crippen molar-refractivity contribution in [2.24, 2.45) is 5.41 Å². The van der Waals surface area contributed by atoms with E-state index in [4.69, 9.17) is 0 Å². The van der Waals surface area contributed by atoms with Gasteiger partial charge in [0.05, 0.1) is 0 Å². The van der Waals surface area contributed by atoms with Crippen LogP contribution < -0.4 is 5.32 Å². The molecule has 1 nitrogen and oxygen atoms in total. The van der Waals surface area contributed by atoms with Crippen LogP contribution in [0.25, 0.3) is 0 Å². The fourth-order valence-electron chi connectivity index (χ4n) is 2.24. The number of hydrogen-bond donors (Lipinski definition) is 1. The van der Waals surface area contributed by atoms with Crippen LogP contribution in [0.1, 0.15) is 20.3 Å². The molecule has 1 aromatic carbocycles. The highest BCUT2D eigenvalue weighted by Gasteiger charge is 2.29. The van der Waals surface area contributed by atoms with Crippen LogP contribution in [0, 0.1) is 17.0 Å². The van der Waals surface area contributed by atoms with Crippen LogP contribution in [0.5, 0.6) is 0 Å². The third kappa shape index (κ3) is 3.38. The quantitative estimate of drug-likeness (QED) is 0.842. The topological polar surface area (TPSA) is 12.0 Å². The molecule has 0 saturated carbocycles. The van der Waals surface area contributed by atoms with Crippen LogP contribution in [-0.4, -0.2) is 17.5 Å². The minimum absolute atomic E-state index is 0.0125. The molecule has 0 amide bonds. The number of hydrogen-bond acceptors (Lipinski definition) is 2. The van der Waals surface area contributed by atoms with E-state index >= 15 is 0 Å². The zero-order chi connectivity index (χ0) is 13.3. The third-order valence-electron chi connectivity index (χ3n) is 2.97. The van der Waals surface area contributed by atoms with Gasteiger partial charge in [0.1, 0.15) is 17.3 Å². The van der Waals surface area contributed by atoms with Crippen molar-refractivity contribution in [3.8, 4) is 0 Å². The van der Waals surface area contributed by atoms with Crippen molar-refractivity contribution >= 4 is 33.4 Å². The van der Waals surface area contributed by atoms with Gasteiger partial charge in [-0.05, 0) is 29.7 Å². The number of benzene rings is 1. The molecule has 1 heterocycles. The Labute approximate surface area is 119 Å². The van der Waals surface area contributed by atoms with Crippen molar-refractivity contribution in [2.45, 2.75) is 26.3 Å². The van der Waals surface area contributed by atoms with Crippen LogP contribution in [0.3, 0.4) is 0 Å². The van der Waals surface area contributed by atoms with E-state index in [-0.39, 0.29) is 17.1 Å². The first-order valence-electron chi connectivity index (χ1n) is 5.86. The Hall–Kier alpha value is -0.290. The van der Waals surface area contributed by atoms with E-state index < -0.39 is 11.6 Å². The Kier molecular flexibility index (Phi) is 4.22. The molecule has 2 rings (SSSR count). The zero-order valence-corrected chi connectivity index (χ0v) is 12.8. The highest BCUT2D eigenvalue weighted by Crippen LogP contribution is 2.35. The lowest BCUT2D eigenvalue weighted by Crippen LogP contribution is -2.35. The summed E-state index contributed by atoms with van der Waals surface area (Å²) in [6, 6.07) is 2.68. The molecule has 0 spiro atoms. The van der Waals surface area contributed by atoms with Crippen LogP contribution in [0.4, 0.5) is 14.5 Å². The molecule has 0 radical (unpaired) electrons. The minimum atomic E-state index is -0.546. The number of thioether (sulfide) groups is 1. The Balaban J connectivity index is 2.14. The minimum Gasteiger partial charge on any atom is -0.377 e. The van der Waals surface area contributed by atoms with Gasteiger partial charge in [-0.1, -0.05) is 29.8 Å². The third-order valence-corrected chi connectivity index (χ3v) is 5.05. The molecule has 1 unspecified atom stereocenters. The number of anilines is 1. The molecular formula is C13H16BrF2NS. The van der Waals surface area contributed by atoms with Crippen LogP contribution >= 0.6 is 27.7 Å². The van der Waals surface area contributed by atoms with Crippen LogP contribution in [0.2, 0.25) is 0 Å². The molecule has 1 aliphatic rings.